The van der Waals surface area contributed by atoms with E-state index in [4.69, 9.17) is 26.8 Å². The molecule has 5 unspecified atom stereocenters. The number of carbonyl (C=O) groups excluding carboxylic acids is 2. The second-order valence-electron chi connectivity index (χ2n) is 22.9. The molecule has 21 nitrogen and oxygen atoms in total. The third kappa shape index (κ3) is 31.3. The number of thioether (sulfide) groups is 1. The summed E-state index contributed by atoms with van der Waals surface area (Å²) in [5.74, 6) is -1.28. The molecule has 0 saturated heterocycles. The molecule has 1 aliphatic rings. The summed E-state index contributed by atoms with van der Waals surface area (Å²) in [6, 6.07) is 43.7. The summed E-state index contributed by atoms with van der Waals surface area (Å²) in [7, 11) is -7.28. The smallest absolute Gasteiger partial charge is 0.883 e. The topological polar surface area (TPSA) is 359 Å². The number of nitriles is 1. The number of ether oxygens (including phenoxy) is 2. The van der Waals surface area contributed by atoms with Crippen LogP contribution in [0.25, 0.3) is 0 Å². The van der Waals surface area contributed by atoms with Gasteiger partial charge in [-0.05, 0) is 184 Å². The number of halogens is 1. The number of hydrogen-bond acceptors (Lipinski definition) is 21. The number of hydrogen-bond donors (Lipinski definition) is 4. The van der Waals surface area contributed by atoms with Crippen LogP contribution < -0.4 is 84.5 Å². The first-order chi connectivity index (χ1) is 49.0. The summed E-state index contributed by atoms with van der Waals surface area (Å²) in [5.41, 5.74) is 11.9. The fraction of sp³-hybridized carbons (Fsp3) is 0.311. The van der Waals surface area contributed by atoms with Crippen molar-refractivity contribution in [2.24, 2.45) is 4.40 Å². The SMILES string of the molecule is CC#N.CCC(C)c1ccc(S(=O)(=O)Cl)cc1.CCC(C)c1ccc(S(=O)(=O)N=C2C=CSC2=C([O-])[O-])cc1.CCC(C)c1ccc(S(=O)(=O)Nc2ccsc2C(=O)O)cc1.CCC(C)c1ccc(S(=O)(=O)Nc2ccsc2C(=O)OC)cc1.CCC(C)c1ccccc1.COC(=O)c1sccc1N.[Na+].[Na+]. The van der Waals surface area contributed by atoms with E-state index in [1.54, 1.807) is 77.5 Å². The van der Waals surface area contributed by atoms with Crippen LogP contribution in [0.2, 0.25) is 0 Å². The Kier molecular flexibility index (Phi) is 44.5. The maximum atomic E-state index is 12.5. The van der Waals surface area contributed by atoms with Gasteiger partial charge >= 0.3 is 77.0 Å². The Morgan fingerprint density at radius 2 is 0.849 bits per heavy atom. The molecule has 1 aliphatic heterocycles. The first-order valence-electron chi connectivity index (χ1n) is 32.5. The molecule has 3 aromatic heterocycles. The molecule has 32 heteroatoms. The molecule has 8 aromatic rings. The third-order valence-electron chi connectivity index (χ3n) is 15.9. The van der Waals surface area contributed by atoms with E-state index in [0.717, 1.165) is 82.4 Å². The van der Waals surface area contributed by atoms with Crippen molar-refractivity contribution in [2.45, 2.75) is 157 Å². The monoisotopic (exact) mass is 1640 g/mol. The summed E-state index contributed by atoms with van der Waals surface area (Å²) in [4.78, 5) is 34.4. The molecule has 4 heterocycles. The summed E-state index contributed by atoms with van der Waals surface area (Å²) in [6.45, 7) is 22.5. The second-order valence-corrected chi connectivity index (χ2v) is 34.1. The molecule has 5 N–H and O–H groups in total. The summed E-state index contributed by atoms with van der Waals surface area (Å²) < 4.78 is 113. The van der Waals surface area contributed by atoms with Gasteiger partial charge in [0.2, 0.25) is 0 Å². The van der Waals surface area contributed by atoms with Crippen LogP contribution >= 0.6 is 56.5 Å². The number of rotatable bonds is 22. The summed E-state index contributed by atoms with van der Waals surface area (Å²) >= 11 is 4.27. The standard InChI is InChI=1S/C16H19NO4S2.2C15H17NO4S2.C10H13ClO2S.C10H14.C6H7NO2S.C2H3N.2Na/c1-4-11(2)12-5-7-13(8-6-12)23(19,20)17-14-9-10-22-15(14)16(18)21-3;2*1-3-10(2)11-4-6-12(7-5-11)22(19,20)16-13-8-9-21-14(13)15(17)18;1-3-8(2)9-4-6-10(7-5-9)14(11,12)13;1-3-9(2)10-7-5-4-6-8-10;1-9-6(8)5-4(7)2-3-10-5;1-2-3;;/h5-11,17H,4H2,1-3H3;4-10,17-18H,3H2,1-2H3;4-10,16H,3H2,1-2H3,(H,17,18);4-8H,3H2,1-2H3;4-9H,3H2,1-2H3;2-3H,7H2,1H3;1H3;;/q;;;;;;;2*+1/p-2. The second kappa shape index (κ2) is 48.3. The van der Waals surface area contributed by atoms with E-state index in [-0.39, 0.29) is 116 Å². The van der Waals surface area contributed by atoms with Crippen LogP contribution in [-0.4, -0.2) is 76.6 Å². The first-order valence-corrected chi connectivity index (χ1v) is 42.7. The third-order valence-corrected chi connectivity index (χ3v) is 25.0. The number of carboxylic acid groups (broad SMARTS) is 1. The minimum Gasteiger partial charge on any atom is -0.883 e. The van der Waals surface area contributed by atoms with E-state index in [1.165, 1.54) is 91.7 Å². The molecular weight excluding hydrogens is 1550 g/mol. The maximum Gasteiger partial charge on any atom is 1.00 e. The maximum absolute atomic E-state index is 12.5. The Morgan fingerprint density at radius 1 is 0.528 bits per heavy atom. The number of esters is 2. The minimum atomic E-state index is -3.95. The van der Waals surface area contributed by atoms with Crippen molar-refractivity contribution in [3.05, 3.63) is 227 Å². The van der Waals surface area contributed by atoms with Crippen LogP contribution in [0.3, 0.4) is 0 Å². The van der Waals surface area contributed by atoms with Gasteiger partial charge in [0.1, 0.15) is 14.6 Å². The molecule has 0 fully saturated rings. The van der Waals surface area contributed by atoms with E-state index in [1.807, 2.05) is 24.3 Å². The number of thiophene rings is 3. The number of methoxy groups -OCH3 is 2. The van der Waals surface area contributed by atoms with Crippen LogP contribution in [0.15, 0.2) is 208 Å². The van der Waals surface area contributed by atoms with Gasteiger partial charge in [-0.1, -0.05) is 160 Å². The van der Waals surface area contributed by atoms with Crippen LogP contribution in [0.4, 0.5) is 17.1 Å². The Balaban J connectivity index is 0.000000645. The zero-order valence-electron chi connectivity index (χ0n) is 61.9. The van der Waals surface area contributed by atoms with Crippen molar-refractivity contribution in [1.82, 2.24) is 0 Å². The van der Waals surface area contributed by atoms with Gasteiger partial charge in [0.15, 0.2) is 0 Å². The normalized spacial score (nSPS) is 13.1. The quantitative estimate of drug-likeness (QED) is 0.0212. The number of nitrogens with one attached hydrogen (secondary N) is 2. The number of nitrogens with two attached hydrogens (primary N) is 1. The number of allylic oxidation sites excluding steroid dienone is 2. The van der Waals surface area contributed by atoms with Gasteiger partial charge in [-0.25, -0.2) is 39.6 Å². The molecule has 9 rings (SSSR count). The van der Waals surface area contributed by atoms with Crippen molar-refractivity contribution >= 4 is 136 Å². The molecule has 5 aromatic carbocycles. The van der Waals surface area contributed by atoms with Crippen LogP contribution in [-0.2, 0) is 48.6 Å². The number of carbonyl (C=O) groups is 3. The predicted octanol–water partition coefficient (Wildman–Crippen LogP) is 11.1. The van der Waals surface area contributed by atoms with Crippen molar-refractivity contribution in [3.8, 4) is 6.07 Å². The van der Waals surface area contributed by atoms with E-state index in [0.29, 0.717) is 40.2 Å². The fourth-order valence-electron chi connectivity index (χ4n) is 8.73. The molecule has 562 valence electrons. The molecule has 0 radical (unpaired) electrons. The Labute approximate surface area is 690 Å². The number of nitrogen functional groups attached to an aromatic ring is 1. The molecule has 5 atom stereocenters. The molecule has 0 saturated carbocycles. The van der Waals surface area contributed by atoms with Crippen molar-refractivity contribution < 1.29 is 132 Å². The molecule has 0 aliphatic carbocycles. The zero-order valence-corrected chi connectivity index (χ0v) is 73.1. The number of anilines is 3. The summed E-state index contributed by atoms with van der Waals surface area (Å²) in [6.07, 6.45) is 6.53. The van der Waals surface area contributed by atoms with Crippen LogP contribution in [0.5, 0.6) is 0 Å². The molecule has 0 amide bonds. The number of benzene rings is 5. The van der Waals surface area contributed by atoms with Gasteiger partial charge in [-0.3, -0.25) is 9.44 Å². The first kappa shape index (κ1) is 97.7. The van der Waals surface area contributed by atoms with Gasteiger partial charge in [-0.15, -0.1) is 34.0 Å². The largest absolute Gasteiger partial charge is 1.00 e. The molecular formula is C74H88ClN5Na2O16S8. The average Bonchev–Trinajstić information content (AvgIpc) is 1.41. The molecule has 106 heavy (non-hydrogen) atoms. The zero-order chi connectivity index (χ0) is 78.1. The van der Waals surface area contributed by atoms with Gasteiger partial charge in [0.25, 0.3) is 39.1 Å². The van der Waals surface area contributed by atoms with E-state index < -0.39 is 57.0 Å². The van der Waals surface area contributed by atoms with E-state index in [2.05, 4.69) is 123 Å². The van der Waals surface area contributed by atoms with Crippen molar-refractivity contribution in [1.29, 1.82) is 5.26 Å². The van der Waals surface area contributed by atoms with Gasteiger partial charge in [-0.2, -0.15) is 24.0 Å². The minimum absolute atomic E-state index is 0. The van der Waals surface area contributed by atoms with E-state index >= 15 is 0 Å². The Bertz CT molecular complexity index is 4660. The number of sulfonamides is 3. The average molecular weight is 1640 g/mol. The van der Waals surface area contributed by atoms with Gasteiger partial charge in [0, 0.05) is 22.5 Å². The van der Waals surface area contributed by atoms with Crippen LogP contribution in [0.1, 0.15) is 195 Å². The molecule has 0 spiro atoms. The van der Waals surface area contributed by atoms with Crippen LogP contribution in [0, 0.1) is 11.3 Å². The predicted molar refractivity (Wildman–Crippen MR) is 417 cm³/mol. The van der Waals surface area contributed by atoms with E-state index in [9.17, 15) is 58.3 Å². The number of aromatic carboxylic acids is 1. The Morgan fingerprint density at radius 3 is 1.18 bits per heavy atom. The summed E-state index contributed by atoms with van der Waals surface area (Å²) in [5, 5.41) is 44.5. The fourth-order valence-corrected chi connectivity index (χ4v) is 15.7. The van der Waals surface area contributed by atoms with Gasteiger partial charge in [0.05, 0.1) is 62.6 Å². The Hall–Kier alpha value is -6.31. The van der Waals surface area contributed by atoms with Crippen molar-refractivity contribution in [3.63, 3.8) is 0 Å². The van der Waals surface area contributed by atoms with Crippen molar-refractivity contribution in [2.75, 3.05) is 29.4 Å². The molecule has 0 bridgehead atoms. The number of nitrogens with zero attached hydrogens (tertiary/aromatic N) is 2. The number of carboxylic acids is 1. The van der Waals surface area contributed by atoms with Gasteiger partial charge < -0.3 is 30.5 Å².